The molecule has 0 saturated heterocycles. The third-order valence-corrected chi connectivity index (χ3v) is 18.8. The quantitative estimate of drug-likeness (QED) is 0.0474. The van der Waals surface area contributed by atoms with Crippen LogP contribution in [0.1, 0.15) is 147 Å². The highest BCUT2D eigenvalue weighted by Crippen LogP contribution is 2.57. The lowest BCUT2D eigenvalue weighted by Crippen LogP contribution is -2.25. The van der Waals surface area contributed by atoms with Gasteiger partial charge in [-0.15, -0.1) is 43.6 Å². The summed E-state index contributed by atoms with van der Waals surface area (Å²) in [6.07, 6.45) is 0.529. The van der Waals surface area contributed by atoms with Crippen molar-refractivity contribution in [1.29, 1.82) is 0 Å². The number of thioether (sulfide) groups is 2. The molecule has 0 radical (unpaired) electrons. The van der Waals surface area contributed by atoms with Crippen LogP contribution in [0, 0.1) is 13.8 Å². The lowest BCUT2D eigenvalue weighted by molar-refractivity contribution is -0.116. The molecular formula is C70H92N10O10P2S2. The zero-order chi connectivity index (χ0) is 69.2. The number of amides is 2. The maximum atomic E-state index is 13.7. The Morgan fingerprint density at radius 3 is 1.26 bits per heavy atom. The zero-order valence-electron chi connectivity index (χ0n) is 57.9. The van der Waals surface area contributed by atoms with Gasteiger partial charge in [0.05, 0.1) is 46.6 Å². The number of carbonyl (C=O) groups excluding carboxylic acids is 2. The molecule has 0 atom stereocenters. The monoisotopic (exact) mass is 1360 g/mol. The molecule has 0 aliphatic rings. The minimum Gasteiger partial charge on any atom is -0.325 e. The molecule has 8 rings (SSSR count). The summed E-state index contributed by atoms with van der Waals surface area (Å²) < 4.78 is 62.8. The van der Waals surface area contributed by atoms with Crippen molar-refractivity contribution in [2.75, 3.05) is 10.6 Å². The summed E-state index contributed by atoms with van der Waals surface area (Å²) in [5.74, 6) is 0.556. The Hall–Kier alpha value is -6.68. The predicted octanol–water partition coefficient (Wildman–Crippen LogP) is 18.2. The SMILES string of the molecule is Cc1ccc(CC(=O)Nc2cc(-c3ccccc3-c3nnn(COP(=O)(OC(C)(C)C)OC(C)(C)C)n3)ccc2SC(C)(C)C)cc1.Cc1ccc(CC(=O)Nc2cc(-c3ccccc3-c3nnnn3COP(=O)(OC(C)(C)C)OC(C)(C)C)ccc2SC(C)(C)C)cc1. The zero-order valence-corrected chi connectivity index (χ0v) is 61.3. The van der Waals surface area contributed by atoms with E-state index in [0.29, 0.717) is 11.6 Å². The van der Waals surface area contributed by atoms with Crippen LogP contribution < -0.4 is 10.6 Å². The Bertz CT molecular complexity index is 3950. The second kappa shape index (κ2) is 30.6. The average molecular weight is 1360 g/mol. The molecule has 0 saturated carbocycles. The number of benzene rings is 6. The van der Waals surface area contributed by atoms with Gasteiger partial charge < -0.3 is 10.6 Å². The summed E-state index contributed by atoms with van der Waals surface area (Å²) >= 11 is 3.37. The molecule has 6 aromatic carbocycles. The van der Waals surface area contributed by atoms with Crippen LogP contribution >= 0.6 is 39.2 Å². The van der Waals surface area contributed by atoms with Crippen molar-refractivity contribution in [3.63, 3.8) is 0 Å². The first-order chi connectivity index (χ1) is 43.6. The average Bonchev–Trinajstić information content (AvgIpc) is 1.34. The van der Waals surface area contributed by atoms with Crippen LogP contribution in [0.15, 0.2) is 143 Å². The van der Waals surface area contributed by atoms with Gasteiger partial charge in [-0.05, 0) is 170 Å². The van der Waals surface area contributed by atoms with Crippen molar-refractivity contribution in [1.82, 2.24) is 40.4 Å². The first-order valence-electron chi connectivity index (χ1n) is 31.0. The molecule has 20 nitrogen and oxygen atoms in total. The van der Waals surface area contributed by atoms with Crippen molar-refractivity contribution in [2.24, 2.45) is 0 Å². The van der Waals surface area contributed by atoms with Gasteiger partial charge in [0.25, 0.3) is 0 Å². The highest BCUT2D eigenvalue weighted by atomic mass is 32.2. The fourth-order valence-electron chi connectivity index (χ4n) is 9.08. The van der Waals surface area contributed by atoms with Gasteiger partial charge in [0.15, 0.2) is 19.3 Å². The number of tetrazole rings is 2. The molecule has 2 heterocycles. The molecule has 2 aromatic heterocycles. The van der Waals surface area contributed by atoms with Crippen LogP contribution in [0.2, 0.25) is 0 Å². The van der Waals surface area contributed by atoms with Gasteiger partial charge in [-0.25, -0.2) is 9.13 Å². The van der Waals surface area contributed by atoms with Crippen molar-refractivity contribution in [3.8, 4) is 45.0 Å². The van der Waals surface area contributed by atoms with Gasteiger partial charge >= 0.3 is 15.6 Å². The summed E-state index contributed by atoms with van der Waals surface area (Å²) in [5.41, 5.74) is 7.37. The molecule has 94 heavy (non-hydrogen) atoms. The van der Waals surface area contributed by atoms with Gasteiger partial charge in [-0.2, -0.15) is 4.68 Å². The van der Waals surface area contributed by atoms with E-state index in [4.69, 9.17) is 27.1 Å². The summed E-state index contributed by atoms with van der Waals surface area (Å²) in [4.78, 5) is 29.6. The number of nitrogens with one attached hydrogen (secondary N) is 2. The third kappa shape index (κ3) is 24.2. The second-order valence-electron chi connectivity index (χ2n) is 28.6. The molecule has 0 spiro atoms. The van der Waals surface area contributed by atoms with Gasteiger partial charge in [0, 0.05) is 30.4 Å². The van der Waals surface area contributed by atoms with Crippen LogP contribution in [0.5, 0.6) is 0 Å². The van der Waals surface area contributed by atoms with Crippen LogP contribution in [-0.4, -0.2) is 84.1 Å². The molecule has 0 aliphatic carbocycles. The van der Waals surface area contributed by atoms with Crippen molar-refractivity contribution >= 4 is 62.4 Å². The van der Waals surface area contributed by atoms with Crippen molar-refractivity contribution in [3.05, 3.63) is 156 Å². The lowest BCUT2D eigenvalue weighted by Gasteiger charge is -2.30. The minimum atomic E-state index is -4.01. The number of hydrogen-bond acceptors (Lipinski definition) is 18. The number of aryl methyl sites for hydroxylation is 2. The normalized spacial score (nSPS) is 12.7. The number of rotatable bonds is 22. The molecule has 0 aliphatic heterocycles. The summed E-state index contributed by atoms with van der Waals surface area (Å²) in [5, 5.41) is 31.5. The topological polar surface area (TPSA) is 235 Å². The Morgan fingerprint density at radius 1 is 0.468 bits per heavy atom. The Balaban J connectivity index is 0.000000266. The van der Waals surface area contributed by atoms with E-state index in [-0.39, 0.29) is 47.6 Å². The molecule has 0 unspecified atom stereocenters. The van der Waals surface area contributed by atoms with E-state index in [2.05, 4.69) is 83.1 Å². The highest BCUT2D eigenvalue weighted by Gasteiger charge is 2.39. The number of hydrogen-bond donors (Lipinski definition) is 2. The Morgan fingerprint density at radius 2 is 0.851 bits per heavy atom. The van der Waals surface area contributed by atoms with Crippen LogP contribution in [-0.2, 0) is 72.2 Å². The molecule has 8 aromatic rings. The van der Waals surface area contributed by atoms with E-state index in [1.54, 1.807) is 107 Å². The van der Waals surface area contributed by atoms with Crippen LogP contribution in [0.4, 0.5) is 11.4 Å². The maximum absolute atomic E-state index is 13.7. The Kier molecular flexibility index (Phi) is 24.3. The highest BCUT2D eigenvalue weighted by molar-refractivity contribution is 8.01. The van der Waals surface area contributed by atoms with E-state index >= 15 is 0 Å². The first kappa shape index (κ1) is 74.7. The molecule has 0 bridgehead atoms. The van der Waals surface area contributed by atoms with E-state index in [1.165, 1.54) is 9.48 Å². The molecule has 0 fully saturated rings. The third-order valence-electron chi connectivity index (χ3n) is 12.5. The number of aromatic nitrogens is 8. The van der Waals surface area contributed by atoms with Crippen molar-refractivity contribution in [2.45, 2.75) is 206 Å². The molecular weight excluding hydrogens is 1270 g/mol. The van der Waals surface area contributed by atoms with E-state index in [9.17, 15) is 18.7 Å². The van der Waals surface area contributed by atoms with Gasteiger partial charge in [-0.3, -0.25) is 36.7 Å². The summed E-state index contributed by atoms with van der Waals surface area (Å²) in [6.45, 7) is 37.6. The van der Waals surface area contributed by atoms with Gasteiger partial charge in [0.2, 0.25) is 17.6 Å². The van der Waals surface area contributed by atoms with E-state index in [0.717, 1.165) is 76.8 Å². The van der Waals surface area contributed by atoms with E-state index < -0.39 is 38.0 Å². The lowest BCUT2D eigenvalue weighted by atomic mass is 9.98. The summed E-state index contributed by atoms with van der Waals surface area (Å²) in [7, 11) is -7.99. The standard InChI is InChI=1S/2C35H46N5O5PS/c1-24-15-17-25(18-16-24)21-31(41)36-29-22-26(19-20-30(29)47-35(8,9)10)27-13-11-12-14-28(27)32-37-38-39-40(32)23-43-46(42,44-33(2,3)4)45-34(5,6)7;1-24-15-17-25(18-16-24)21-31(41)36-29-22-26(19-20-30(29)47-35(8,9)10)27-13-11-12-14-28(27)32-37-39-40(38-32)23-43-46(42,44-33(2,3)4)45-34(5,6)7/h2*11-20,22H,21,23H2,1-10H3,(H,36,41). The van der Waals surface area contributed by atoms with Crippen molar-refractivity contribution < 1.29 is 45.9 Å². The molecule has 24 heteroatoms. The number of carbonyl (C=O) groups is 2. The molecule has 2 N–H and O–H groups in total. The number of anilines is 2. The van der Waals surface area contributed by atoms with Gasteiger partial charge in [-0.1, -0.05) is 162 Å². The molecule has 504 valence electrons. The second-order valence-corrected chi connectivity index (χ2v) is 35.3. The number of phosphoric ester groups is 2. The minimum absolute atomic E-state index is 0.0693. The van der Waals surface area contributed by atoms with Crippen LogP contribution in [0.25, 0.3) is 45.0 Å². The van der Waals surface area contributed by atoms with Gasteiger partial charge in [0.1, 0.15) is 0 Å². The Labute approximate surface area is 563 Å². The maximum Gasteiger partial charge on any atom is 0.477 e. The smallest absolute Gasteiger partial charge is 0.325 e. The predicted molar refractivity (Wildman–Crippen MR) is 376 cm³/mol. The fraction of sp³-hybridized carbons (Fsp3) is 0.429. The number of nitrogens with zero attached hydrogens (tertiary/aromatic N) is 8. The summed E-state index contributed by atoms with van der Waals surface area (Å²) in [6, 6.07) is 43.4. The van der Waals surface area contributed by atoms with Crippen LogP contribution in [0.3, 0.4) is 0 Å². The number of phosphoric acid groups is 2. The molecule has 2 amide bonds. The largest absolute Gasteiger partial charge is 0.477 e. The first-order valence-corrected chi connectivity index (χ1v) is 35.5. The van der Waals surface area contributed by atoms with E-state index in [1.807, 2.05) is 147 Å². The fourth-order valence-corrected chi connectivity index (χ4v) is 14.6.